The van der Waals surface area contributed by atoms with E-state index in [2.05, 4.69) is 5.32 Å². The molecule has 4 heteroatoms. The molecule has 0 spiro atoms. The van der Waals surface area contributed by atoms with Gasteiger partial charge < -0.3 is 15.2 Å². The number of ether oxygens (including phenoxy) is 1. The predicted molar refractivity (Wildman–Crippen MR) is 65.0 cm³/mol. The number of aryl methyl sites for hydroxylation is 1. The van der Waals surface area contributed by atoms with Gasteiger partial charge in [-0.2, -0.15) is 0 Å². The van der Waals surface area contributed by atoms with Gasteiger partial charge in [-0.25, -0.2) is 0 Å². The number of carbonyl (C=O) groups is 1. The van der Waals surface area contributed by atoms with E-state index in [9.17, 15) is 9.90 Å². The van der Waals surface area contributed by atoms with Crippen molar-refractivity contribution in [1.82, 2.24) is 0 Å². The number of aromatic hydroxyl groups is 1. The van der Waals surface area contributed by atoms with Crippen LogP contribution in [0.15, 0.2) is 18.2 Å². The van der Waals surface area contributed by atoms with Crippen molar-refractivity contribution in [2.45, 2.75) is 19.8 Å². The fourth-order valence-electron chi connectivity index (χ4n) is 1.98. The molecule has 0 aliphatic carbocycles. The molecule has 2 rings (SSSR count). The molecule has 0 bridgehead atoms. The summed E-state index contributed by atoms with van der Waals surface area (Å²) in [7, 11) is 0. The maximum atomic E-state index is 12.0. The van der Waals surface area contributed by atoms with Crippen LogP contribution in [0.4, 0.5) is 5.69 Å². The standard InChI is InChI=1S/C13H17NO3/c1-9-8-11(15)2-3-12(9)14-13(16)10-4-6-17-7-5-10/h2-3,8,10,15H,4-7H2,1H3,(H,14,16). The number of nitrogens with one attached hydrogen (secondary N) is 1. The van der Waals surface area contributed by atoms with E-state index < -0.39 is 0 Å². The molecular weight excluding hydrogens is 218 g/mol. The highest BCUT2D eigenvalue weighted by Crippen LogP contribution is 2.22. The molecule has 17 heavy (non-hydrogen) atoms. The first-order valence-corrected chi connectivity index (χ1v) is 5.85. The first-order valence-electron chi connectivity index (χ1n) is 5.85. The second-order valence-corrected chi connectivity index (χ2v) is 4.38. The number of amides is 1. The summed E-state index contributed by atoms with van der Waals surface area (Å²) in [5.74, 6) is 0.297. The molecule has 1 fully saturated rings. The quantitative estimate of drug-likeness (QED) is 0.771. The van der Waals surface area contributed by atoms with Crippen LogP contribution in [0.3, 0.4) is 0 Å². The van der Waals surface area contributed by atoms with Crippen molar-refractivity contribution in [1.29, 1.82) is 0 Å². The van der Waals surface area contributed by atoms with Crippen LogP contribution in [-0.2, 0) is 9.53 Å². The SMILES string of the molecule is Cc1cc(O)ccc1NC(=O)C1CCOCC1. The molecule has 0 unspecified atom stereocenters. The monoisotopic (exact) mass is 235 g/mol. The Labute approximate surface area is 101 Å². The molecule has 0 aromatic heterocycles. The highest BCUT2D eigenvalue weighted by molar-refractivity contribution is 5.93. The van der Waals surface area contributed by atoms with Crippen LogP contribution in [-0.4, -0.2) is 24.2 Å². The molecule has 1 saturated heterocycles. The molecule has 1 aliphatic heterocycles. The fraction of sp³-hybridized carbons (Fsp3) is 0.462. The number of hydrogen-bond acceptors (Lipinski definition) is 3. The third-order valence-corrected chi connectivity index (χ3v) is 3.06. The zero-order chi connectivity index (χ0) is 12.3. The number of hydrogen-bond donors (Lipinski definition) is 2. The van der Waals surface area contributed by atoms with Gasteiger partial charge in [0.1, 0.15) is 5.75 Å². The Balaban J connectivity index is 2.02. The zero-order valence-electron chi connectivity index (χ0n) is 9.90. The van der Waals surface area contributed by atoms with E-state index in [1.54, 1.807) is 18.2 Å². The topological polar surface area (TPSA) is 58.6 Å². The van der Waals surface area contributed by atoms with Gasteiger partial charge in [-0.05, 0) is 43.5 Å². The first kappa shape index (κ1) is 11.9. The molecule has 2 N–H and O–H groups in total. The van der Waals surface area contributed by atoms with Crippen molar-refractivity contribution in [3.8, 4) is 5.75 Å². The van der Waals surface area contributed by atoms with Crippen LogP contribution in [0.1, 0.15) is 18.4 Å². The molecule has 92 valence electrons. The van der Waals surface area contributed by atoms with Crippen molar-refractivity contribution in [3.05, 3.63) is 23.8 Å². The Morgan fingerprint density at radius 2 is 2.12 bits per heavy atom. The predicted octanol–water partition coefficient (Wildman–Crippen LogP) is 2.07. The van der Waals surface area contributed by atoms with Crippen LogP contribution in [0.25, 0.3) is 0 Å². The summed E-state index contributed by atoms with van der Waals surface area (Å²) >= 11 is 0. The highest BCUT2D eigenvalue weighted by atomic mass is 16.5. The van der Waals surface area contributed by atoms with Gasteiger partial charge in [-0.15, -0.1) is 0 Å². The van der Waals surface area contributed by atoms with Gasteiger partial charge in [0, 0.05) is 24.8 Å². The average Bonchev–Trinajstić information content (AvgIpc) is 2.34. The van der Waals surface area contributed by atoms with Gasteiger partial charge in [0.15, 0.2) is 0 Å². The van der Waals surface area contributed by atoms with E-state index in [0.717, 1.165) is 24.1 Å². The van der Waals surface area contributed by atoms with Gasteiger partial charge in [-0.3, -0.25) is 4.79 Å². The van der Waals surface area contributed by atoms with Crippen LogP contribution in [0.2, 0.25) is 0 Å². The van der Waals surface area contributed by atoms with E-state index in [1.807, 2.05) is 6.92 Å². The van der Waals surface area contributed by atoms with E-state index in [1.165, 1.54) is 0 Å². The lowest BCUT2D eigenvalue weighted by Crippen LogP contribution is -2.28. The lowest BCUT2D eigenvalue weighted by molar-refractivity contribution is -0.122. The molecular formula is C13H17NO3. The summed E-state index contributed by atoms with van der Waals surface area (Å²) in [4.78, 5) is 12.0. The van der Waals surface area contributed by atoms with E-state index in [0.29, 0.717) is 13.2 Å². The maximum Gasteiger partial charge on any atom is 0.227 e. The molecule has 1 aromatic rings. The molecule has 1 aromatic carbocycles. The molecule has 0 atom stereocenters. The summed E-state index contributed by atoms with van der Waals surface area (Å²) in [5.41, 5.74) is 1.63. The van der Waals surface area contributed by atoms with Crippen molar-refractivity contribution in [2.75, 3.05) is 18.5 Å². The Morgan fingerprint density at radius 1 is 1.41 bits per heavy atom. The summed E-state index contributed by atoms with van der Waals surface area (Å²) in [5, 5.41) is 12.2. The number of carbonyl (C=O) groups excluding carboxylic acids is 1. The number of phenolic OH excluding ortho intramolecular Hbond substituents is 1. The Bertz CT molecular complexity index is 411. The van der Waals surface area contributed by atoms with Crippen molar-refractivity contribution >= 4 is 11.6 Å². The Morgan fingerprint density at radius 3 is 2.76 bits per heavy atom. The van der Waals surface area contributed by atoms with Gasteiger partial charge in [0.25, 0.3) is 0 Å². The Kier molecular flexibility index (Phi) is 3.64. The van der Waals surface area contributed by atoms with Gasteiger partial charge in [0.2, 0.25) is 5.91 Å². The van der Waals surface area contributed by atoms with Crippen LogP contribution in [0, 0.1) is 12.8 Å². The van der Waals surface area contributed by atoms with Crippen molar-refractivity contribution in [2.24, 2.45) is 5.92 Å². The normalized spacial score (nSPS) is 16.8. The smallest absolute Gasteiger partial charge is 0.227 e. The average molecular weight is 235 g/mol. The number of benzene rings is 1. The van der Waals surface area contributed by atoms with E-state index in [4.69, 9.17) is 4.74 Å². The summed E-state index contributed by atoms with van der Waals surface area (Å²) in [6.45, 7) is 3.18. The van der Waals surface area contributed by atoms with Crippen LogP contribution >= 0.6 is 0 Å². The third-order valence-electron chi connectivity index (χ3n) is 3.06. The number of rotatable bonds is 2. The molecule has 1 heterocycles. The van der Waals surface area contributed by atoms with Crippen LogP contribution in [0.5, 0.6) is 5.75 Å². The lowest BCUT2D eigenvalue weighted by atomic mass is 9.99. The minimum Gasteiger partial charge on any atom is -0.508 e. The largest absolute Gasteiger partial charge is 0.508 e. The minimum atomic E-state index is 0.0388. The van der Waals surface area contributed by atoms with E-state index in [-0.39, 0.29) is 17.6 Å². The van der Waals surface area contributed by atoms with Gasteiger partial charge >= 0.3 is 0 Å². The molecule has 0 saturated carbocycles. The fourth-order valence-corrected chi connectivity index (χ4v) is 1.98. The maximum absolute atomic E-state index is 12.0. The second kappa shape index (κ2) is 5.19. The number of anilines is 1. The zero-order valence-corrected chi connectivity index (χ0v) is 9.90. The lowest BCUT2D eigenvalue weighted by Gasteiger charge is -2.21. The number of phenols is 1. The summed E-state index contributed by atoms with van der Waals surface area (Å²) < 4.78 is 5.23. The third kappa shape index (κ3) is 2.97. The molecule has 0 radical (unpaired) electrons. The van der Waals surface area contributed by atoms with Crippen LogP contribution < -0.4 is 5.32 Å². The van der Waals surface area contributed by atoms with Gasteiger partial charge in [-0.1, -0.05) is 0 Å². The molecule has 1 amide bonds. The first-order chi connectivity index (χ1) is 8.16. The Hall–Kier alpha value is -1.55. The van der Waals surface area contributed by atoms with Crippen molar-refractivity contribution in [3.63, 3.8) is 0 Å². The molecule has 1 aliphatic rings. The van der Waals surface area contributed by atoms with Crippen molar-refractivity contribution < 1.29 is 14.6 Å². The second-order valence-electron chi connectivity index (χ2n) is 4.38. The highest BCUT2D eigenvalue weighted by Gasteiger charge is 2.21. The molecule has 4 nitrogen and oxygen atoms in total. The summed E-state index contributed by atoms with van der Waals surface area (Å²) in [6, 6.07) is 4.94. The minimum absolute atomic E-state index is 0.0388. The summed E-state index contributed by atoms with van der Waals surface area (Å²) in [6.07, 6.45) is 1.56. The van der Waals surface area contributed by atoms with Gasteiger partial charge in [0.05, 0.1) is 0 Å². The van der Waals surface area contributed by atoms with E-state index >= 15 is 0 Å².